The number of aliphatic carboxylic acids is 1. The van der Waals surface area contributed by atoms with Crippen LogP contribution >= 0.6 is 15.9 Å². The molecule has 0 spiro atoms. The molecule has 5 nitrogen and oxygen atoms in total. The van der Waals surface area contributed by atoms with Gasteiger partial charge in [0.1, 0.15) is 5.75 Å². The van der Waals surface area contributed by atoms with Gasteiger partial charge in [-0.25, -0.2) is 0 Å². The maximum atomic E-state index is 12.4. The Morgan fingerprint density at radius 1 is 1.41 bits per heavy atom. The Kier molecular flexibility index (Phi) is 5.11. The van der Waals surface area contributed by atoms with E-state index in [9.17, 15) is 14.7 Å². The quantitative estimate of drug-likeness (QED) is 0.836. The van der Waals surface area contributed by atoms with Gasteiger partial charge in [-0.1, -0.05) is 22.4 Å². The average Bonchev–Trinajstić information content (AvgIpc) is 2.42. The Hall–Kier alpha value is -1.56. The standard InChI is InChI=1S/C16H20BrNO4/c1-18(10-11-8-12(17)4-5-13(11)22-2)14(19)9-16(15(20)21)6-3-7-16/h4-5,8H,3,6-7,9-10H2,1-2H3,(H,20,21). The Labute approximate surface area is 138 Å². The lowest BCUT2D eigenvalue weighted by molar-refractivity contribution is -0.159. The van der Waals surface area contributed by atoms with E-state index in [1.807, 2.05) is 18.2 Å². The van der Waals surface area contributed by atoms with Crippen molar-refractivity contribution in [3.8, 4) is 5.75 Å². The van der Waals surface area contributed by atoms with Crippen molar-refractivity contribution in [1.82, 2.24) is 4.90 Å². The topological polar surface area (TPSA) is 66.8 Å². The Morgan fingerprint density at radius 2 is 2.09 bits per heavy atom. The maximum Gasteiger partial charge on any atom is 0.310 e. The summed E-state index contributed by atoms with van der Waals surface area (Å²) >= 11 is 3.40. The van der Waals surface area contributed by atoms with Crippen molar-refractivity contribution in [2.75, 3.05) is 14.2 Å². The number of hydrogen-bond donors (Lipinski definition) is 1. The second-order valence-electron chi connectivity index (χ2n) is 5.82. The van der Waals surface area contributed by atoms with E-state index in [2.05, 4.69) is 15.9 Å². The Bertz CT molecular complexity index is 584. The first-order valence-electron chi connectivity index (χ1n) is 7.18. The summed E-state index contributed by atoms with van der Waals surface area (Å²) in [6.07, 6.45) is 2.11. The molecule has 0 unspecified atom stereocenters. The van der Waals surface area contributed by atoms with Crippen LogP contribution in [0.3, 0.4) is 0 Å². The van der Waals surface area contributed by atoms with E-state index < -0.39 is 11.4 Å². The van der Waals surface area contributed by atoms with Gasteiger partial charge in [0.15, 0.2) is 0 Å². The number of methoxy groups -OCH3 is 1. The molecule has 0 aliphatic heterocycles. The molecule has 120 valence electrons. The molecule has 1 aliphatic rings. The number of carboxylic acid groups (broad SMARTS) is 1. The fourth-order valence-electron chi connectivity index (χ4n) is 2.71. The van der Waals surface area contributed by atoms with E-state index in [0.717, 1.165) is 16.5 Å². The lowest BCUT2D eigenvalue weighted by Crippen LogP contribution is -2.42. The highest BCUT2D eigenvalue weighted by molar-refractivity contribution is 9.10. The fraction of sp³-hybridized carbons (Fsp3) is 0.500. The summed E-state index contributed by atoms with van der Waals surface area (Å²) in [6, 6.07) is 5.61. The molecular formula is C16H20BrNO4. The van der Waals surface area contributed by atoms with Gasteiger partial charge in [-0.15, -0.1) is 0 Å². The molecule has 0 bridgehead atoms. The summed E-state index contributed by atoms with van der Waals surface area (Å²) in [5.74, 6) is -0.302. The molecule has 1 N–H and O–H groups in total. The number of amides is 1. The van der Waals surface area contributed by atoms with Gasteiger partial charge in [-0.2, -0.15) is 0 Å². The van der Waals surface area contributed by atoms with Crippen molar-refractivity contribution >= 4 is 27.8 Å². The molecule has 1 saturated carbocycles. The predicted octanol–water partition coefficient (Wildman–Crippen LogP) is 3.06. The summed E-state index contributed by atoms with van der Waals surface area (Å²) in [5.41, 5.74) is 0.0258. The number of halogens is 1. The summed E-state index contributed by atoms with van der Waals surface area (Å²) in [5, 5.41) is 9.33. The number of hydrogen-bond acceptors (Lipinski definition) is 3. The second-order valence-corrected chi connectivity index (χ2v) is 6.74. The molecule has 0 aromatic heterocycles. The maximum absolute atomic E-state index is 12.4. The van der Waals surface area contributed by atoms with Crippen LogP contribution in [0.25, 0.3) is 0 Å². The largest absolute Gasteiger partial charge is 0.496 e. The van der Waals surface area contributed by atoms with Crippen LogP contribution in [0.15, 0.2) is 22.7 Å². The molecule has 1 fully saturated rings. The van der Waals surface area contributed by atoms with Crippen LogP contribution in [-0.2, 0) is 16.1 Å². The van der Waals surface area contributed by atoms with Crippen molar-refractivity contribution in [2.45, 2.75) is 32.2 Å². The molecule has 6 heteroatoms. The van der Waals surface area contributed by atoms with Gasteiger partial charge in [0.2, 0.25) is 5.91 Å². The van der Waals surface area contributed by atoms with Crippen LogP contribution in [0.2, 0.25) is 0 Å². The van der Waals surface area contributed by atoms with Gasteiger partial charge in [-0.05, 0) is 31.0 Å². The summed E-state index contributed by atoms with van der Waals surface area (Å²) in [6.45, 7) is 0.386. The van der Waals surface area contributed by atoms with E-state index in [4.69, 9.17) is 4.74 Å². The van der Waals surface area contributed by atoms with Crippen LogP contribution < -0.4 is 4.74 Å². The summed E-state index contributed by atoms with van der Waals surface area (Å²) < 4.78 is 6.21. The zero-order valence-electron chi connectivity index (χ0n) is 12.8. The highest BCUT2D eigenvalue weighted by Crippen LogP contribution is 2.44. The SMILES string of the molecule is COc1ccc(Br)cc1CN(C)C(=O)CC1(C(=O)O)CCC1. The van der Waals surface area contributed by atoms with E-state index in [-0.39, 0.29) is 12.3 Å². The number of rotatable bonds is 6. The first-order chi connectivity index (χ1) is 10.4. The molecule has 1 aliphatic carbocycles. The minimum absolute atomic E-state index is 0.0646. The predicted molar refractivity (Wildman–Crippen MR) is 85.7 cm³/mol. The molecule has 1 amide bonds. The fourth-order valence-corrected chi connectivity index (χ4v) is 3.12. The Balaban J connectivity index is 2.06. The zero-order chi connectivity index (χ0) is 16.3. The Morgan fingerprint density at radius 3 is 2.59 bits per heavy atom. The molecule has 1 aromatic rings. The number of carboxylic acids is 1. The van der Waals surface area contributed by atoms with Crippen LogP contribution in [0.5, 0.6) is 5.75 Å². The second kappa shape index (κ2) is 6.69. The molecule has 0 saturated heterocycles. The zero-order valence-corrected chi connectivity index (χ0v) is 14.4. The molecule has 0 radical (unpaired) electrons. The van der Waals surface area contributed by atoms with Crippen LogP contribution in [0.4, 0.5) is 0 Å². The molecule has 22 heavy (non-hydrogen) atoms. The summed E-state index contributed by atoms with van der Waals surface area (Å²) in [7, 11) is 3.28. The van der Waals surface area contributed by atoms with E-state index in [1.54, 1.807) is 19.1 Å². The lowest BCUT2D eigenvalue weighted by Gasteiger charge is -2.38. The molecule has 2 rings (SSSR count). The third kappa shape index (κ3) is 3.43. The van der Waals surface area contributed by atoms with Crippen molar-refractivity contribution < 1.29 is 19.4 Å². The van der Waals surface area contributed by atoms with Gasteiger partial charge < -0.3 is 14.7 Å². The highest BCUT2D eigenvalue weighted by Gasteiger charge is 2.46. The molecule has 0 atom stereocenters. The van der Waals surface area contributed by atoms with Gasteiger partial charge in [0, 0.05) is 30.0 Å². The van der Waals surface area contributed by atoms with Crippen molar-refractivity contribution in [3.63, 3.8) is 0 Å². The van der Waals surface area contributed by atoms with E-state index in [0.29, 0.717) is 25.1 Å². The average molecular weight is 370 g/mol. The van der Waals surface area contributed by atoms with Crippen LogP contribution in [0.1, 0.15) is 31.2 Å². The van der Waals surface area contributed by atoms with Gasteiger partial charge in [-0.3, -0.25) is 9.59 Å². The number of ether oxygens (including phenoxy) is 1. The smallest absolute Gasteiger partial charge is 0.310 e. The normalized spacial score (nSPS) is 15.8. The van der Waals surface area contributed by atoms with Crippen molar-refractivity contribution in [1.29, 1.82) is 0 Å². The van der Waals surface area contributed by atoms with Gasteiger partial charge >= 0.3 is 5.97 Å². The third-order valence-electron chi connectivity index (χ3n) is 4.33. The first kappa shape index (κ1) is 16.8. The number of carbonyl (C=O) groups is 2. The number of benzene rings is 1. The monoisotopic (exact) mass is 369 g/mol. The van der Waals surface area contributed by atoms with Gasteiger partial charge in [0.25, 0.3) is 0 Å². The number of carbonyl (C=O) groups excluding carboxylic acids is 1. The summed E-state index contributed by atoms with van der Waals surface area (Å²) in [4.78, 5) is 25.3. The van der Waals surface area contributed by atoms with Crippen LogP contribution in [-0.4, -0.2) is 36.0 Å². The van der Waals surface area contributed by atoms with E-state index >= 15 is 0 Å². The molecule has 0 heterocycles. The van der Waals surface area contributed by atoms with Crippen molar-refractivity contribution in [3.05, 3.63) is 28.2 Å². The minimum Gasteiger partial charge on any atom is -0.496 e. The third-order valence-corrected chi connectivity index (χ3v) is 4.82. The molecular weight excluding hydrogens is 350 g/mol. The van der Waals surface area contributed by atoms with E-state index in [1.165, 1.54) is 0 Å². The highest BCUT2D eigenvalue weighted by atomic mass is 79.9. The lowest BCUT2D eigenvalue weighted by atomic mass is 9.66. The molecule has 1 aromatic carbocycles. The number of nitrogens with zero attached hydrogens (tertiary/aromatic N) is 1. The minimum atomic E-state index is -0.861. The first-order valence-corrected chi connectivity index (χ1v) is 7.97. The van der Waals surface area contributed by atoms with Crippen LogP contribution in [0, 0.1) is 5.41 Å². The van der Waals surface area contributed by atoms with Crippen molar-refractivity contribution in [2.24, 2.45) is 5.41 Å². The van der Waals surface area contributed by atoms with Gasteiger partial charge in [0.05, 0.1) is 12.5 Å².